The summed E-state index contributed by atoms with van der Waals surface area (Å²) < 4.78 is 0. The number of hydrogen-bond acceptors (Lipinski definition) is 3. The number of carbonyl (C=O) groups excluding carboxylic acids is 2. The van der Waals surface area contributed by atoms with Gasteiger partial charge < -0.3 is 14.7 Å². The third kappa shape index (κ3) is 5.98. The highest BCUT2D eigenvalue weighted by Crippen LogP contribution is 2.24. The summed E-state index contributed by atoms with van der Waals surface area (Å²) in [6.45, 7) is 13.4. The first kappa shape index (κ1) is 22.3. The van der Waals surface area contributed by atoms with E-state index in [1.807, 2.05) is 9.80 Å². The molecule has 2 amide bonds. The van der Waals surface area contributed by atoms with Crippen LogP contribution in [0.3, 0.4) is 0 Å². The summed E-state index contributed by atoms with van der Waals surface area (Å²) >= 11 is 0. The molecule has 156 valence electrons. The molecule has 0 spiro atoms. The quantitative estimate of drug-likeness (QED) is 0.648. The van der Waals surface area contributed by atoms with E-state index in [1.165, 1.54) is 16.8 Å². The molecular weight excluding hydrogens is 350 g/mol. The van der Waals surface area contributed by atoms with Crippen molar-refractivity contribution >= 4 is 17.5 Å². The minimum Gasteiger partial charge on any atom is -0.368 e. The van der Waals surface area contributed by atoms with Crippen molar-refractivity contribution in [1.29, 1.82) is 0 Å². The van der Waals surface area contributed by atoms with Gasteiger partial charge in [-0.25, -0.2) is 0 Å². The van der Waals surface area contributed by atoms with Gasteiger partial charge in [-0.1, -0.05) is 26.0 Å². The SMILES string of the molecule is CCCN(CCC)C(=O)CCCC(=O)N1CCN(c2cccc(C)c2C)CC1. The Hall–Kier alpha value is -2.04. The van der Waals surface area contributed by atoms with Gasteiger partial charge in [-0.2, -0.15) is 0 Å². The molecule has 1 aliphatic heterocycles. The molecule has 1 heterocycles. The molecule has 1 aliphatic rings. The summed E-state index contributed by atoms with van der Waals surface area (Å²) in [5.41, 5.74) is 3.91. The lowest BCUT2D eigenvalue weighted by Gasteiger charge is -2.37. The first-order chi connectivity index (χ1) is 13.5. The third-order valence-electron chi connectivity index (χ3n) is 5.67. The number of nitrogens with zero attached hydrogens (tertiary/aromatic N) is 3. The van der Waals surface area contributed by atoms with Crippen molar-refractivity contribution in [2.45, 2.75) is 59.8 Å². The van der Waals surface area contributed by atoms with Crippen LogP contribution in [-0.2, 0) is 9.59 Å². The van der Waals surface area contributed by atoms with Gasteiger partial charge in [-0.05, 0) is 50.3 Å². The summed E-state index contributed by atoms with van der Waals surface area (Å²) in [5.74, 6) is 0.377. The summed E-state index contributed by atoms with van der Waals surface area (Å²) in [6.07, 6.45) is 3.57. The fourth-order valence-corrected chi connectivity index (χ4v) is 3.88. The fraction of sp³-hybridized carbons (Fsp3) is 0.652. The second kappa shape index (κ2) is 11.1. The molecule has 1 fully saturated rings. The lowest BCUT2D eigenvalue weighted by molar-refractivity contribution is -0.133. The van der Waals surface area contributed by atoms with Crippen LogP contribution in [0.15, 0.2) is 18.2 Å². The van der Waals surface area contributed by atoms with E-state index in [1.54, 1.807) is 0 Å². The van der Waals surface area contributed by atoms with Crippen LogP contribution in [-0.4, -0.2) is 60.9 Å². The Kier molecular flexibility index (Phi) is 8.81. The van der Waals surface area contributed by atoms with Gasteiger partial charge in [0.1, 0.15) is 0 Å². The van der Waals surface area contributed by atoms with Crippen molar-refractivity contribution in [3.8, 4) is 0 Å². The molecule has 5 heteroatoms. The van der Waals surface area contributed by atoms with Crippen LogP contribution in [0.1, 0.15) is 57.1 Å². The first-order valence-electron chi connectivity index (χ1n) is 10.8. The van der Waals surface area contributed by atoms with Crippen LogP contribution in [0.2, 0.25) is 0 Å². The average Bonchev–Trinajstić information content (AvgIpc) is 2.70. The molecule has 1 saturated heterocycles. The van der Waals surface area contributed by atoms with Gasteiger partial charge in [0.05, 0.1) is 0 Å². The van der Waals surface area contributed by atoms with Crippen LogP contribution in [0.4, 0.5) is 5.69 Å². The van der Waals surface area contributed by atoms with Crippen molar-refractivity contribution in [3.63, 3.8) is 0 Å². The van der Waals surface area contributed by atoms with Crippen molar-refractivity contribution in [3.05, 3.63) is 29.3 Å². The lowest BCUT2D eigenvalue weighted by atomic mass is 10.1. The van der Waals surface area contributed by atoms with Crippen LogP contribution < -0.4 is 4.90 Å². The van der Waals surface area contributed by atoms with E-state index in [0.29, 0.717) is 19.3 Å². The van der Waals surface area contributed by atoms with Crippen LogP contribution in [0, 0.1) is 13.8 Å². The zero-order chi connectivity index (χ0) is 20.5. The molecule has 1 aromatic carbocycles. The lowest BCUT2D eigenvalue weighted by Crippen LogP contribution is -2.49. The maximum absolute atomic E-state index is 12.5. The highest BCUT2D eigenvalue weighted by molar-refractivity contribution is 5.79. The number of carbonyl (C=O) groups is 2. The van der Waals surface area contributed by atoms with Gasteiger partial charge >= 0.3 is 0 Å². The molecule has 28 heavy (non-hydrogen) atoms. The number of amides is 2. The summed E-state index contributed by atoms with van der Waals surface area (Å²) in [5, 5.41) is 0. The van der Waals surface area contributed by atoms with Crippen LogP contribution >= 0.6 is 0 Å². The number of benzene rings is 1. The van der Waals surface area contributed by atoms with E-state index in [4.69, 9.17) is 0 Å². The zero-order valence-electron chi connectivity index (χ0n) is 18.2. The van der Waals surface area contributed by atoms with Crippen LogP contribution in [0.25, 0.3) is 0 Å². The Morgan fingerprint density at radius 1 is 0.964 bits per heavy atom. The highest BCUT2D eigenvalue weighted by atomic mass is 16.2. The van der Waals surface area contributed by atoms with Gasteiger partial charge in [0, 0.05) is 57.8 Å². The molecule has 0 saturated carbocycles. The largest absolute Gasteiger partial charge is 0.368 e. The predicted octanol–water partition coefficient (Wildman–Crippen LogP) is 3.77. The van der Waals surface area contributed by atoms with E-state index >= 15 is 0 Å². The second-order valence-electron chi connectivity index (χ2n) is 7.82. The third-order valence-corrected chi connectivity index (χ3v) is 5.67. The average molecular weight is 388 g/mol. The summed E-state index contributed by atoms with van der Waals surface area (Å²) in [4.78, 5) is 31.2. The molecular formula is C23H37N3O2. The molecule has 0 aliphatic carbocycles. The minimum absolute atomic E-state index is 0.186. The van der Waals surface area contributed by atoms with E-state index in [0.717, 1.165) is 52.1 Å². The van der Waals surface area contributed by atoms with Gasteiger partial charge in [-0.15, -0.1) is 0 Å². The van der Waals surface area contributed by atoms with Crippen molar-refractivity contribution in [1.82, 2.24) is 9.80 Å². The Morgan fingerprint density at radius 2 is 1.61 bits per heavy atom. The van der Waals surface area contributed by atoms with Gasteiger partial charge in [0.2, 0.25) is 11.8 Å². The molecule has 2 rings (SSSR count). The minimum atomic E-state index is 0.186. The number of rotatable bonds is 9. The Labute approximate surface area is 170 Å². The van der Waals surface area contributed by atoms with Crippen molar-refractivity contribution < 1.29 is 9.59 Å². The topological polar surface area (TPSA) is 43.9 Å². The molecule has 0 N–H and O–H groups in total. The zero-order valence-corrected chi connectivity index (χ0v) is 18.2. The summed E-state index contributed by atoms with van der Waals surface area (Å²) in [6, 6.07) is 6.42. The van der Waals surface area contributed by atoms with E-state index in [9.17, 15) is 9.59 Å². The Morgan fingerprint density at radius 3 is 2.21 bits per heavy atom. The van der Waals surface area contributed by atoms with Gasteiger partial charge in [0.15, 0.2) is 0 Å². The van der Waals surface area contributed by atoms with Gasteiger partial charge in [0.25, 0.3) is 0 Å². The van der Waals surface area contributed by atoms with E-state index < -0.39 is 0 Å². The monoisotopic (exact) mass is 387 g/mol. The molecule has 0 unspecified atom stereocenters. The van der Waals surface area contributed by atoms with Crippen LogP contribution in [0.5, 0.6) is 0 Å². The second-order valence-corrected chi connectivity index (χ2v) is 7.82. The highest BCUT2D eigenvalue weighted by Gasteiger charge is 2.22. The smallest absolute Gasteiger partial charge is 0.222 e. The number of anilines is 1. The molecule has 5 nitrogen and oxygen atoms in total. The number of hydrogen-bond donors (Lipinski definition) is 0. The van der Waals surface area contributed by atoms with Crippen molar-refractivity contribution in [2.24, 2.45) is 0 Å². The number of aryl methyl sites for hydroxylation is 1. The van der Waals surface area contributed by atoms with Crippen molar-refractivity contribution in [2.75, 3.05) is 44.2 Å². The number of piperazine rings is 1. The molecule has 0 aromatic heterocycles. The fourth-order valence-electron chi connectivity index (χ4n) is 3.88. The van der Waals surface area contributed by atoms with E-state index in [2.05, 4.69) is 50.8 Å². The molecule has 0 radical (unpaired) electrons. The standard InChI is InChI=1S/C23H37N3O2/c1-5-13-25(14-6-2)22(27)11-8-12-23(28)26-17-15-24(16-18-26)21-10-7-9-19(3)20(21)4/h7,9-10H,5-6,8,11-18H2,1-4H3. The maximum Gasteiger partial charge on any atom is 0.222 e. The maximum atomic E-state index is 12.5. The summed E-state index contributed by atoms with van der Waals surface area (Å²) in [7, 11) is 0. The molecule has 0 atom stereocenters. The normalized spacial score (nSPS) is 14.3. The molecule has 1 aromatic rings. The molecule has 0 bridgehead atoms. The van der Waals surface area contributed by atoms with E-state index in [-0.39, 0.29) is 11.8 Å². The van der Waals surface area contributed by atoms with Gasteiger partial charge in [-0.3, -0.25) is 9.59 Å². The Balaban J connectivity index is 1.76. The predicted molar refractivity (Wildman–Crippen MR) is 116 cm³/mol. The Bertz CT molecular complexity index is 645. The first-order valence-corrected chi connectivity index (χ1v) is 10.8.